The summed E-state index contributed by atoms with van der Waals surface area (Å²) in [4.78, 5) is 19.8. The topological polar surface area (TPSA) is 185 Å². The van der Waals surface area contributed by atoms with Crippen molar-refractivity contribution in [2.45, 2.75) is 0 Å². The van der Waals surface area contributed by atoms with Crippen LogP contribution in [0.1, 0.15) is 0 Å². The van der Waals surface area contributed by atoms with Crippen molar-refractivity contribution in [2.24, 2.45) is 5.84 Å². The third-order valence-corrected chi connectivity index (χ3v) is 2.97. The van der Waals surface area contributed by atoms with E-state index >= 15 is 0 Å². The Morgan fingerprint density at radius 2 is 1.61 bits per heavy atom. The first kappa shape index (κ1) is 20.6. The minimum Gasteiger partial charge on any atom is -0.480 e. The molecule has 0 aliphatic rings. The molecule has 1 aromatic carbocycles. The van der Waals surface area contributed by atoms with Gasteiger partial charge in [-0.05, 0) is 24.3 Å². The molecule has 0 fully saturated rings. The van der Waals surface area contributed by atoms with E-state index in [0.717, 1.165) is 7.11 Å². The van der Waals surface area contributed by atoms with E-state index in [1.807, 2.05) is 0 Å². The summed E-state index contributed by atoms with van der Waals surface area (Å²) in [5, 5.41) is 16.9. The number of aliphatic carboxylic acids is 2. The second-order valence-electron chi connectivity index (χ2n) is 4.04. The smallest absolute Gasteiger partial charge is 0.359 e. The molecule has 1 rings (SSSR count). The van der Waals surface area contributed by atoms with Gasteiger partial charge in [-0.25, -0.2) is 5.01 Å². The fourth-order valence-corrected chi connectivity index (χ4v) is 1.65. The van der Waals surface area contributed by atoms with Crippen LogP contribution in [-0.2, 0) is 24.1 Å². The Balaban J connectivity index is 0.000000438. The zero-order chi connectivity index (χ0) is 18.0. The average molecular weight is 350 g/mol. The van der Waals surface area contributed by atoms with Crippen LogP contribution in [0.4, 0.5) is 11.4 Å². The molecule has 0 unspecified atom stereocenters. The van der Waals surface area contributed by atoms with Gasteiger partial charge in [-0.15, -0.1) is 0 Å². The van der Waals surface area contributed by atoms with Crippen LogP contribution in [-0.4, -0.2) is 55.8 Å². The number of anilines is 2. The Hall–Kier alpha value is -2.41. The van der Waals surface area contributed by atoms with Crippen molar-refractivity contribution < 1.29 is 32.4 Å². The van der Waals surface area contributed by atoms with Crippen LogP contribution in [0.5, 0.6) is 0 Å². The van der Waals surface area contributed by atoms with Gasteiger partial charge in [0.25, 0.3) is 0 Å². The molecule has 0 radical (unpaired) electrons. The van der Waals surface area contributed by atoms with Gasteiger partial charge < -0.3 is 15.9 Å². The van der Waals surface area contributed by atoms with E-state index in [1.165, 1.54) is 0 Å². The van der Waals surface area contributed by atoms with Crippen LogP contribution in [0.15, 0.2) is 24.3 Å². The summed E-state index contributed by atoms with van der Waals surface area (Å²) in [5.41, 5.74) is 6.40. The lowest BCUT2D eigenvalue weighted by molar-refractivity contribution is -0.141. The monoisotopic (exact) mass is 350 g/mol. The fourth-order valence-electron chi connectivity index (χ4n) is 1.14. The summed E-state index contributed by atoms with van der Waals surface area (Å²) in [6.07, 6.45) is 0. The Kier molecular flexibility index (Phi) is 8.57. The van der Waals surface area contributed by atoms with E-state index in [-0.39, 0.29) is 0 Å². The van der Waals surface area contributed by atoms with Crippen molar-refractivity contribution in [1.82, 2.24) is 5.01 Å². The molecular formula is C11H18N4O7S. The quantitative estimate of drug-likeness (QED) is 0.230. The number of nitrogens with zero attached hydrogens (tertiary/aromatic N) is 1. The zero-order valence-electron chi connectivity index (χ0n) is 12.2. The number of hydrazine groups is 1. The molecule has 0 bridgehead atoms. The lowest BCUT2D eigenvalue weighted by Gasteiger charge is -2.08. The molecule has 0 saturated heterocycles. The Morgan fingerprint density at radius 3 is 1.96 bits per heavy atom. The van der Waals surface area contributed by atoms with Gasteiger partial charge in [0, 0.05) is 5.69 Å². The molecule has 130 valence electrons. The number of carboxylic acids is 2. The summed E-state index contributed by atoms with van der Waals surface area (Å²) in [7, 11) is -2.59. The lowest BCUT2D eigenvalue weighted by Crippen LogP contribution is -2.39. The number of rotatable bonds is 7. The highest BCUT2D eigenvalue weighted by Crippen LogP contribution is 2.12. The summed E-state index contributed by atoms with van der Waals surface area (Å²) in [6.45, 7) is -0.932. The third-order valence-electron chi connectivity index (χ3n) is 2.05. The van der Waals surface area contributed by atoms with E-state index in [1.54, 1.807) is 24.3 Å². The maximum absolute atomic E-state index is 10.9. The van der Waals surface area contributed by atoms with Crippen LogP contribution in [0, 0.1) is 0 Å². The number of carbonyl (C=O) groups is 2. The van der Waals surface area contributed by atoms with Gasteiger partial charge in [0.2, 0.25) is 0 Å². The average Bonchev–Trinajstić information content (AvgIpc) is 2.40. The van der Waals surface area contributed by atoms with Crippen LogP contribution in [0.25, 0.3) is 0 Å². The maximum Gasteiger partial charge on any atom is 0.359 e. The molecule has 0 aliphatic carbocycles. The molecule has 23 heavy (non-hydrogen) atoms. The van der Waals surface area contributed by atoms with Crippen molar-refractivity contribution in [3.8, 4) is 0 Å². The lowest BCUT2D eigenvalue weighted by atomic mass is 10.3. The van der Waals surface area contributed by atoms with Crippen LogP contribution >= 0.6 is 0 Å². The van der Waals surface area contributed by atoms with E-state index in [0.29, 0.717) is 16.4 Å². The molecule has 11 nitrogen and oxygen atoms in total. The van der Waals surface area contributed by atoms with E-state index in [2.05, 4.69) is 8.91 Å². The minimum absolute atomic E-state index is 0.413. The van der Waals surface area contributed by atoms with E-state index < -0.39 is 35.3 Å². The molecule has 0 saturated carbocycles. The highest BCUT2D eigenvalue weighted by molar-refractivity contribution is 7.88. The summed E-state index contributed by atoms with van der Waals surface area (Å²) >= 11 is 0. The molecule has 7 N–H and O–H groups in total. The first-order valence-corrected chi connectivity index (χ1v) is 7.33. The zero-order valence-corrected chi connectivity index (χ0v) is 13.0. The predicted octanol–water partition coefficient (Wildman–Crippen LogP) is -1.10. The summed E-state index contributed by atoms with van der Waals surface area (Å²) in [6, 6.07) is 6.28. The molecule has 0 heterocycles. The molecule has 12 heteroatoms. The molecule has 1 aromatic rings. The maximum atomic E-state index is 10.9. The number of nitrogen functional groups attached to an aromatic ring is 1. The molecule has 0 aromatic heterocycles. The fraction of sp³-hybridized carbons (Fsp3) is 0.273. The van der Waals surface area contributed by atoms with E-state index in [4.69, 9.17) is 21.8 Å². The Labute approximate surface area is 132 Å². The second kappa shape index (κ2) is 9.58. The van der Waals surface area contributed by atoms with Gasteiger partial charge in [0.15, 0.2) is 0 Å². The van der Waals surface area contributed by atoms with Gasteiger partial charge in [-0.1, -0.05) is 0 Å². The van der Waals surface area contributed by atoms with Gasteiger partial charge in [0.1, 0.15) is 13.1 Å². The molecule has 0 amide bonds. The van der Waals surface area contributed by atoms with Gasteiger partial charge >= 0.3 is 22.2 Å². The summed E-state index contributed by atoms with van der Waals surface area (Å²) in [5.74, 6) is 2.65. The second-order valence-corrected chi connectivity index (χ2v) is 5.48. The van der Waals surface area contributed by atoms with Crippen LogP contribution in [0.3, 0.4) is 0 Å². The third kappa shape index (κ3) is 10.9. The molecule has 0 atom stereocenters. The number of benzene rings is 1. The van der Waals surface area contributed by atoms with Crippen molar-refractivity contribution in [3.05, 3.63) is 24.3 Å². The van der Waals surface area contributed by atoms with Crippen molar-refractivity contribution in [2.75, 3.05) is 30.7 Å². The van der Waals surface area contributed by atoms with Crippen molar-refractivity contribution in [1.29, 1.82) is 0 Å². The first-order valence-electron chi connectivity index (χ1n) is 5.93. The molecule has 0 aliphatic heterocycles. The predicted molar refractivity (Wildman–Crippen MR) is 81.4 cm³/mol. The standard InChI is InChI=1S/C7H10N2O3S.C4H8N2O4/c1-12-13(10,11)9-7-4-2-6(8)3-5-7;5-6(1-3(7)8)2-4(9)10/h2-5,9H,8H2,1H3;1-2,5H2,(H,7,8)(H,9,10). The highest BCUT2D eigenvalue weighted by Gasteiger charge is 2.07. The number of hydrogen-bond donors (Lipinski definition) is 5. The SMILES string of the molecule is COS(=O)(=O)Nc1ccc(N)cc1.NN(CC(=O)O)CC(=O)O. The largest absolute Gasteiger partial charge is 0.480 e. The van der Waals surface area contributed by atoms with Crippen LogP contribution in [0.2, 0.25) is 0 Å². The number of hydrogen-bond acceptors (Lipinski definition) is 8. The number of carboxylic acid groups (broad SMARTS) is 2. The summed E-state index contributed by atoms with van der Waals surface area (Å²) < 4.78 is 28.2. The van der Waals surface area contributed by atoms with Gasteiger partial charge in [-0.3, -0.25) is 24.3 Å². The van der Waals surface area contributed by atoms with Crippen LogP contribution < -0.4 is 16.3 Å². The van der Waals surface area contributed by atoms with Gasteiger partial charge in [-0.2, -0.15) is 8.42 Å². The van der Waals surface area contributed by atoms with Gasteiger partial charge in [0.05, 0.1) is 12.8 Å². The number of nitrogens with two attached hydrogens (primary N) is 2. The molecule has 0 spiro atoms. The Bertz CT molecular complexity index is 602. The molecular weight excluding hydrogens is 332 g/mol. The highest BCUT2D eigenvalue weighted by atomic mass is 32.2. The first-order chi connectivity index (χ1) is 10.6. The van der Waals surface area contributed by atoms with Crippen molar-refractivity contribution >= 4 is 33.6 Å². The van der Waals surface area contributed by atoms with Crippen molar-refractivity contribution in [3.63, 3.8) is 0 Å². The Morgan fingerprint density at radius 1 is 1.17 bits per heavy atom. The minimum atomic E-state index is -3.68. The van der Waals surface area contributed by atoms with E-state index in [9.17, 15) is 18.0 Å². The number of nitrogens with one attached hydrogen (secondary N) is 1. The normalized spacial score (nSPS) is 10.6.